The van der Waals surface area contributed by atoms with Gasteiger partial charge in [0.05, 0.1) is 5.60 Å². The maximum atomic E-state index is 11.5. The first-order valence-corrected chi connectivity index (χ1v) is 9.82. The molecule has 1 fully saturated rings. The first-order chi connectivity index (χ1) is 11.9. The van der Waals surface area contributed by atoms with Gasteiger partial charge in [0.15, 0.2) is 5.16 Å². The first kappa shape index (κ1) is 18.2. The van der Waals surface area contributed by atoms with E-state index in [4.69, 9.17) is 0 Å². The molecular formula is C17H18BrN3O3S. The number of aromatic carboxylic acids is 1. The Kier molecular flexibility index (Phi) is 5.31. The zero-order valence-electron chi connectivity index (χ0n) is 13.6. The van der Waals surface area contributed by atoms with Crippen LogP contribution in [0.4, 0.5) is 5.82 Å². The van der Waals surface area contributed by atoms with Crippen molar-refractivity contribution in [2.24, 2.45) is 0 Å². The summed E-state index contributed by atoms with van der Waals surface area (Å²) in [4.78, 5) is 21.8. The van der Waals surface area contributed by atoms with Crippen LogP contribution in [0.5, 0.6) is 0 Å². The van der Waals surface area contributed by atoms with Crippen molar-refractivity contribution in [3.8, 4) is 0 Å². The molecule has 0 spiro atoms. The van der Waals surface area contributed by atoms with E-state index in [1.807, 2.05) is 35.4 Å². The molecule has 1 aliphatic heterocycles. The third-order valence-electron chi connectivity index (χ3n) is 4.43. The fraction of sp³-hybridized carbons (Fsp3) is 0.353. The van der Waals surface area contributed by atoms with E-state index in [-0.39, 0.29) is 5.56 Å². The smallest absolute Gasteiger partial charge is 0.341 e. The molecule has 0 saturated carbocycles. The predicted molar refractivity (Wildman–Crippen MR) is 100 cm³/mol. The van der Waals surface area contributed by atoms with Crippen molar-refractivity contribution >= 4 is 39.5 Å². The number of piperidine rings is 1. The highest BCUT2D eigenvalue weighted by molar-refractivity contribution is 9.10. The summed E-state index contributed by atoms with van der Waals surface area (Å²) in [5, 5.41) is 20.9. The lowest BCUT2D eigenvalue weighted by Crippen LogP contribution is -2.43. The molecular weight excluding hydrogens is 406 g/mol. The van der Waals surface area contributed by atoms with Gasteiger partial charge in [0.2, 0.25) is 0 Å². The van der Waals surface area contributed by atoms with Gasteiger partial charge in [0.1, 0.15) is 11.4 Å². The lowest BCUT2D eigenvalue weighted by Gasteiger charge is -2.39. The Labute approximate surface area is 158 Å². The third-order valence-corrected chi connectivity index (χ3v) is 5.52. The zero-order chi connectivity index (χ0) is 18.0. The predicted octanol–water partition coefficient (Wildman–Crippen LogP) is 3.15. The van der Waals surface area contributed by atoms with Gasteiger partial charge in [-0.3, -0.25) is 0 Å². The minimum Gasteiger partial charge on any atom is -0.477 e. The lowest BCUT2D eigenvalue weighted by atomic mass is 9.84. The van der Waals surface area contributed by atoms with Crippen molar-refractivity contribution in [1.82, 2.24) is 9.97 Å². The minimum atomic E-state index is -1.05. The van der Waals surface area contributed by atoms with E-state index < -0.39 is 11.6 Å². The summed E-state index contributed by atoms with van der Waals surface area (Å²) in [6.45, 7) is 1.05. The van der Waals surface area contributed by atoms with Gasteiger partial charge in [-0.25, -0.2) is 14.8 Å². The van der Waals surface area contributed by atoms with Crippen LogP contribution in [-0.2, 0) is 5.60 Å². The quantitative estimate of drug-likeness (QED) is 0.576. The van der Waals surface area contributed by atoms with E-state index in [9.17, 15) is 15.0 Å². The van der Waals surface area contributed by atoms with Gasteiger partial charge in [0, 0.05) is 23.8 Å². The molecule has 6 nitrogen and oxygen atoms in total. The Morgan fingerprint density at radius 3 is 2.48 bits per heavy atom. The number of carboxylic acids is 1. The average Bonchev–Trinajstić information content (AvgIpc) is 2.62. The number of nitrogens with zero attached hydrogens (tertiary/aromatic N) is 3. The number of halogens is 1. The van der Waals surface area contributed by atoms with Crippen molar-refractivity contribution in [2.45, 2.75) is 23.6 Å². The van der Waals surface area contributed by atoms with Gasteiger partial charge >= 0.3 is 5.97 Å². The molecule has 2 aromatic rings. The Balaban J connectivity index is 1.82. The second-order valence-corrected chi connectivity index (χ2v) is 7.61. The molecule has 2 N–H and O–H groups in total. The van der Waals surface area contributed by atoms with Crippen LogP contribution >= 0.6 is 27.7 Å². The highest BCUT2D eigenvalue weighted by Crippen LogP contribution is 2.35. The molecule has 1 aliphatic rings. The summed E-state index contributed by atoms with van der Waals surface area (Å²) < 4.78 is 0.967. The number of rotatable bonds is 4. The normalized spacial score (nSPS) is 16.7. The Morgan fingerprint density at radius 1 is 1.28 bits per heavy atom. The summed E-state index contributed by atoms with van der Waals surface area (Å²) in [5.41, 5.74) is 0.0591. The van der Waals surface area contributed by atoms with Crippen molar-refractivity contribution in [3.63, 3.8) is 0 Å². The van der Waals surface area contributed by atoms with Crippen LogP contribution in [0.3, 0.4) is 0 Å². The topological polar surface area (TPSA) is 86.5 Å². The molecule has 132 valence electrons. The SMILES string of the molecule is CSc1ncc(C(=O)O)c(N2CCC(O)(c3ccc(Br)cc3)CC2)n1. The van der Waals surface area contributed by atoms with Gasteiger partial charge in [-0.05, 0) is 36.8 Å². The molecule has 0 aliphatic carbocycles. The third kappa shape index (κ3) is 3.80. The molecule has 0 bridgehead atoms. The van der Waals surface area contributed by atoms with Crippen LogP contribution in [0.25, 0.3) is 0 Å². The van der Waals surface area contributed by atoms with Gasteiger partial charge in [0.25, 0.3) is 0 Å². The van der Waals surface area contributed by atoms with E-state index in [0.717, 1.165) is 10.0 Å². The van der Waals surface area contributed by atoms with Crippen molar-refractivity contribution < 1.29 is 15.0 Å². The number of carboxylic acid groups (broad SMARTS) is 1. The number of hydrogen-bond acceptors (Lipinski definition) is 6. The van der Waals surface area contributed by atoms with Crippen LogP contribution in [0, 0.1) is 0 Å². The van der Waals surface area contributed by atoms with Crippen LogP contribution in [-0.4, -0.2) is 45.5 Å². The largest absolute Gasteiger partial charge is 0.477 e. The van der Waals surface area contributed by atoms with Gasteiger partial charge in [-0.15, -0.1) is 0 Å². The number of carbonyl (C=O) groups is 1. The lowest BCUT2D eigenvalue weighted by molar-refractivity contribution is 0.0116. The Hall–Kier alpha value is -1.64. The number of benzene rings is 1. The molecule has 2 heterocycles. The van der Waals surface area contributed by atoms with Gasteiger partial charge in [-0.1, -0.05) is 39.8 Å². The summed E-state index contributed by atoms with van der Waals surface area (Å²) in [5.74, 6) is -0.624. The summed E-state index contributed by atoms with van der Waals surface area (Å²) >= 11 is 4.77. The summed E-state index contributed by atoms with van der Waals surface area (Å²) in [6, 6.07) is 7.66. The van der Waals surface area contributed by atoms with E-state index in [0.29, 0.717) is 36.9 Å². The second-order valence-electron chi connectivity index (χ2n) is 5.92. The zero-order valence-corrected chi connectivity index (χ0v) is 16.0. The van der Waals surface area contributed by atoms with Crippen molar-refractivity contribution in [3.05, 3.63) is 46.1 Å². The number of aliphatic hydroxyl groups is 1. The molecule has 1 aromatic heterocycles. The maximum absolute atomic E-state index is 11.5. The van der Waals surface area contributed by atoms with Gasteiger partial charge in [-0.2, -0.15) is 0 Å². The minimum absolute atomic E-state index is 0.0897. The number of hydrogen-bond donors (Lipinski definition) is 2. The van der Waals surface area contributed by atoms with E-state index in [2.05, 4.69) is 25.9 Å². The van der Waals surface area contributed by atoms with Crippen molar-refractivity contribution in [2.75, 3.05) is 24.2 Å². The maximum Gasteiger partial charge on any atom is 0.341 e. The highest BCUT2D eigenvalue weighted by Gasteiger charge is 2.35. The summed E-state index contributed by atoms with van der Waals surface area (Å²) in [6.07, 6.45) is 4.21. The second kappa shape index (κ2) is 7.31. The molecule has 1 saturated heterocycles. The van der Waals surface area contributed by atoms with Crippen LogP contribution in [0.2, 0.25) is 0 Å². The average molecular weight is 424 g/mol. The number of anilines is 1. The first-order valence-electron chi connectivity index (χ1n) is 7.80. The molecule has 8 heteroatoms. The molecule has 0 amide bonds. The Bertz CT molecular complexity index is 777. The van der Waals surface area contributed by atoms with E-state index in [1.165, 1.54) is 18.0 Å². The van der Waals surface area contributed by atoms with Crippen LogP contribution in [0.15, 0.2) is 40.1 Å². The van der Waals surface area contributed by atoms with E-state index in [1.54, 1.807) is 0 Å². The standard InChI is InChI=1S/C17H18BrN3O3S/c1-25-16-19-10-13(15(22)23)14(20-16)21-8-6-17(24,7-9-21)11-2-4-12(18)5-3-11/h2-5,10,24H,6-9H2,1H3,(H,22,23). The van der Waals surface area contributed by atoms with Crippen molar-refractivity contribution in [1.29, 1.82) is 0 Å². The Morgan fingerprint density at radius 2 is 1.92 bits per heavy atom. The van der Waals surface area contributed by atoms with Gasteiger partial charge < -0.3 is 15.1 Å². The van der Waals surface area contributed by atoms with Crippen LogP contribution in [0.1, 0.15) is 28.8 Å². The summed E-state index contributed by atoms with van der Waals surface area (Å²) in [7, 11) is 0. The number of thioether (sulfide) groups is 1. The van der Waals surface area contributed by atoms with Crippen LogP contribution < -0.4 is 4.90 Å². The molecule has 3 rings (SSSR count). The monoisotopic (exact) mass is 423 g/mol. The molecule has 1 aromatic carbocycles. The number of aromatic nitrogens is 2. The van der Waals surface area contributed by atoms with E-state index >= 15 is 0 Å². The molecule has 0 unspecified atom stereocenters. The molecule has 0 atom stereocenters. The molecule has 0 radical (unpaired) electrons. The molecule has 25 heavy (non-hydrogen) atoms. The fourth-order valence-electron chi connectivity index (χ4n) is 2.98. The highest BCUT2D eigenvalue weighted by atomic mass is 79.9. The fourth-order valence-corrected chi connectivity index (χ4v) is 3.58.